The molecule has 1 aliphatic heterocycles. The number of carbonyl (C=O) groups is 1. The lowest BCUT2D eigenvalue weighted by molar-refractivity contribution is -0.121. The van der Waals surface area contributed by atoms with Gasteiger partial charge in [0.15, 0.2) is 5.82 Å². The monoisotopic (exact) mass is 364 g/mol. The predicted molar refractivity (Wildman–Crippen MR) is 100 cm³/mol. The molecule has 1 aromatic carbocycles. The highest BCUT2D eigenvalue weighted by atomic mass is 16.5. The van der Waals surface area contributed by atoms with Gasteiger partial charge >= 0.3 is 0 Å². The lowest BCUT2D eigenvalue weighted by atomic mass is 10.2. The van der Waals surface area contributed by atoms with Crippen LogP contribution < -0.4 is 9.64 Å². The molecule has 1 fully saturated rings. The van der Waals surface area contributed by atoms with Gasteiger partial charge in [0.25, 0.3) is 0 Å². The number of nitrogens with zero attached hydrogens (tertiary/aromatic N) is 4. The molecule has 0 aliphatic carbocycles. The quantitative estimate of drug-likeness (QED) is 0.626. The lowest BCUT2D eigenvalue weighted by Crippen LogP contribution is -2.55. The normalized spacial score (nSPS) is 17.0. The highest BCUT2D eigenvalue weighted by Gasteiger charge is 2.28. The average Bonchev–Trinajstić information content (AvgIpc) is 3.24. The average molecular weight is 364 g/mol. The number of anilines is 1. The van der Waals surface area contributed by atoms with E-state index in [1.54, 1.807) is 23.6 Å². The van der Waals surface area contributed by atoms with Crippen LogP contribution in [0.4, 0.5) is 5.82 Å². The van der Waals surface area contributed by atoms with E-state index in [-0.39, 0.29) is 6.04 Å². The van der Waals surface area contributed by atoms with Crippen LogP contribution in [0.15, 0.2) is 65.5 Å². The molecule has 1 aliphatic rings. The predicted octanol–water partition coefficient (Wildman–Crippen LogP) is 2.46. The minimum Gasteiger partial charge on any atom is -0.490 e. The molecule has 0 radical (unpaired) electrons. The van der Waals surface area contributed by atoms with Gasteiger partial charge in [-0.3, -0.25) is 9.78 Å². The first kappa shape index (κ1) is 17.1. The summed E-state index contributed by atoms with van der Waals surface area (Å²) in [5.74, 6) is 2.05. The third-order valence-corrected chi connectivity index (χ3v) is 4.58. The Morgan fingerprint density at radius 3 is 2.85 bits per heavy atom. The third-order valence-electron chi connectivity index (χ3n) is 4.58. The van der Waals surface area contributed by atoms with Crippen molar-refractivity contribution in [3.63, 3.8) is 0 Å². The topological polar surface area (TPSA) is 71.7 Å². The zero-order valence-electron chi connectivity index (χ0n) is 14.8. The maximum absolute atomic E-state index is 11.4. The van der Waals surface area contributed by atoms with E-state index < -0.39 is 0 Å². The Bertz CT molecular complexity index is 869. The van der Waals surface area contributed by atoms with Crippen LogP contribution in [0.2, 0.25) is 0 Å². The van der Waals surface area contributed by atoms with E-state index in [0.29, 0.717) is 37.9 Å². The number of hydrogen-bond donors (Lipinski definition) is 0. The van der Waals surface area contributed by atoms with Crippen molar-refractivity contribution in [1.29, 1.82) is 0 Å². The van der Waals surface area contributed by atoms with Crippen LogP contribution >= 0.6 is 0 Å². The van der Waals surface area contributed by atoms with Gasteiger partial charge < -0.3 is 19.0 Å². The Kier molecular flexibility index (Phi) is 5.00. The van der Waals surface area contributed by atoms with Crippen molar-refractivity contribution < 1.29 is 13.9 Å². The molecule has 2 aromatic heterocycles. The summed E-state index contributed by atoms with van der Waals surface area (Å²) in [6.07, 6.45) is 5.90. The first-order valence-corrected chi connectivity index (χ1v) is 8.83. The standard InChI is InChI=1S/C20H20N4O3/c25-15-24-10-9-23(12-17(24)13-26-18-7-4-8-21-11-18)19-14-27-20(22-19)16-5-2-1-3-6-16/h1-8,11,14-15,17H,9-10,12-13H2. The number of oxazole rings is 1. The molecule has 7 nitrogen and oxygen atoms in total. The van der Waals surface area contributed by atoms with Crippen LogP contribution in [0.1, 0.15) is 0 Å². The molecule has 0 N–H and O–H groups in total. The van der Waals surface area contributed by atoms with E-state index in [1.165, 1.54) is 0 Å². The van der Waals surface area contributed by atoms with Gasteiger partial charge in [-0.2, -0.15) is 4.98 Å². The molecule has 4 rings (SSSR count). The second-order valence-electron chi connectivity index (χ2n) is 6.32. The van der Waals surface area contributed by atoms with Gasteiger partial charge in [0.05, 0.1) is 12.2 Å². The Hall–Kier alpha value is -3.35. The van der Waals surface area contributed by atoms with Gasteiger partial charge in [0.1, 0.15) is 18.6 Å². The number of benzene rings is 1. The lowest BCUT2D eigenvalue weighted by Gasteiger charge is -2.39. The summed E-state index contributed by atoms with van der Waals surface area (Å²) in [6, 6.07) is 13.4. The number of amides is 1. The number of aromatic nitrogens is 2. The van der Waals surface area contributed by atoms with Crippen LogP contribution in [-0.4, -0.2) is 53.6 Å². The van der Waals surface area contributed by atoms with E-state index in [4.69, 9.17) is 9.15 Å². The summed E-state index contributed by atoms with van der Waals surface area (Å²) < 4.78 is 11.4. The Morgan fingerprint density at radius 2 is 2.07 bits per heavy atom. The molecule has 1 unspecified atom stereocenters. The largest absolute Gasteiger partial charge is 0.490 e. The molecule has 1 amide bonds. The van der Waals surface area contributed by atoms with Crippen molar-refractivity contribution in [2.75, 3.05) is 31.1 Å². The zero-order chi connectivity index (χ0) is 18.5. The molecule has 3 aromatic rings. The van der Waals surface area contributed by atoms with Gasteiger partial charge in [0, 0.05) is 31.4 Å². The van der Waals surface area contributed by atoms with E-state index in [0.717, 1.165) is 17.8 Å². The van der Waals surface area contributed by atoms with Gasteiger partial charge in [-0.05, 0) is 24.3 Å². The fraction of sp³-hybridized carbons (Fsp3) is 0.250. The minimum absolute atomic E-state index is 0.0756. The Morgan fingerprint density at radius 1 is 1.19 bits per heavy atom. The number of pyridine rings is 1. The molecule has 7 heteroatoms. The summed E-state index contributed by atoms with van der Waals surface area (Å²) in [4.78, 5) is 24.0. The molecule has 1 atom stereocenters. The first-order valence-electron chi connectivity index (χ1n) is 8.83. The summed E-state index contributed by atoms with van der Waals surface area (Å²) in [6.45, 7) is 2.32. The second-order valence-corrected chi connectivity index (χ2v) is 6.32. The van der Waals surface area contributed by atoms with Crippen molar-refractivity contribution >= 4 is 12.2 Å². The van der Waals surface area contributed by atoms with E-state index >= 15 is 0 Å². The summed E-state index contributed by atoms with van der Waals surface area (Å²) in [5.41, 5.74) is 0.937. The van der Waals surface area contributed by atoms with E-state index in [9.17, 15) is 4.79 Å². The van der Waals surface area contributed by atoms with Crippen molar-refractivity contribution in [1.82, 2.24) is 14.9 Å². The van der Waals surface area contributed by atoms with Gasteiger partial charge in [-0.1, -0.05) is 18.2 Å². The molecule has 3 heterocycles. The molecule has 27 heavy (non-hydrogen) atoms. The number of piperazine rings is 1. The third kappa shape index (κ3) is 3.92. The second kappa shape index (κ2) is 7.90. The molecule has 1 saturated heterocycles. The number of carbonyl (C=O) groups excluding carboxylic acids is 1. The molecule has 0 spiro atoms. The maximum Gasteiger partial charge on any atom is 0.227 e. The SMILES string of the molecule is O=CN1CCN(c2coc(-c3ccccc3)n2)CC1COc1cccnc1. The number of hydrogen-bond acceptors (Lipinski definition) is 6. The molecular weight excluding hydrogens is 344 g/mol. The van der Waals surface area contributed by atoms with Crippen molar-refractivity contribution in [2.24, 2.45) is 0 Å². The first-order chi connectivity index (χ1) is 13.3. The van der Waals surface area contributed by atoms with Crippen LogP contribution in [0.25, 0.3) is 11.5 Å². The summed E-state index contributed by atoms with van der Waals surface area (Å²) in [7, 11) is 0. The zero-order valence-corrected chi connectivity index (χ0v) is 14.8. The maximum atomic E-state index is 11.4. The molecule has 0 saturated carbocycles. The van der Waals surface area contributed by atoms with Gasteiger partial charge in [0.2, 0.25) is 12.3 Å². The molecule has 0 bridgehead atoms. The van der Waals surface area contributed by atoms with Crippen LogP contribution in [0.5, 0.6) is 5.75 Å². The molecule has 138 valence electrons. The van der Waals surface area contributed by atoms with Crippen LogP contribution in [-0.2, 0) is 4.79 Å². The van der Waals surface area contributed by atoms with Gasteiger partial charge in [-0.15, -0.1) is 0 Å². The van der Waals surface area contributed by atoms with Crippen LogP contribution in [0.3, 0.4) is 0 Å². The Labute approximate surface area is 157 Å². The van der Waals surface area contributed by atoms with E-state index in [2.05, 4.69) is 14.9 Å². The van der Waals surface area contributed by atoms with Crippen LogP contribution in [0, 0.1) is 0 Å². The van der Waals surface area contributed by atoms with E-state index in [1.807, 2.05) is 42.5 Å². The Balaban J connectivity index is 1.45. The van der Waals surface area contributed by atoms with Gasteiger partial charge in [-0.25, -0.2) is 0 Å². The smallest absolute Gasteiger partial charge is 0.227 e. The highest BCUT2D eigenvalue weighted by molar-refractivity contribution is 5.56. The van der Waals surface area contributed by atoms with Crippen molar-refractivity contribution in [2.45, 2.75) is 6.04 Å². The number of ether oxygens (including phenoxy) is 1. The fourth-order valence-corrected chi connectivity index (χ4v) is 3.11. The van der Waals surface area contributed by atoms with Crippen molar-refractivity contribution in [3.8, 4) is 17.2 Å². The fourth-order valence-electron chi connectivity index (χ4n) is 3.11. The summed E-state index contributed by atoms with van der Waals surface area (Å²) >= 11 is 0. The highest BCUT2D eigenvalue weighted by Crippen LogP contribution is 2.24. The molecular formula is C20H20N4O3. The number of rotatable bonds is 6. The van der Waals surface area contributed by atoms with Crippen molar-refractivity contribution in [3.05, 3.63) is 61.1 Å². The summed E-state index contributed by atoms with van der Waals surface area (Å²) in [5, 5.41) is 0. The minimum atomic E-state index is -0.0756.